The Labute approximate surface area is 82.3 Å². The van der Waals surface area contributed by atoms with Gasteiger partial charge in [-0.2, -0.15) is 0 Å². The van der Waals surface area contributed by atoms with E-state index in [9.17, 15) is 9.50 Å². The van der Waals surface area contributed by atoms with Crippen LogP contribution in [-0.4, -0.2) is 18.3 Å². The smallest absolute Gasteiger partial charge is 0.123 e. The van der Waals surface area contributed by atoms with Crippen molar-refractivity contribution in [2.24, 2.45) is 5.73 Å². The van der Waals surface area contributed by atoms with Crippen LogP contribution >= 0.6 is 0 Å². The maximum atomic E-state index is 12.9. The van der Waals surface area contributed by atoms with Gasteiger partial charge in [0, 0.05) is 5.56 Å². The fraction of sp³-hybridized carbons (Fsp3) is 0.400. The van der Waals surface area contributed by atoms with Crippen molar-refractivity contribution in [1.82, 2.24) is 0 Å². The summed E-state index contributed by atoms with van der Waals surface area (Å²) in [6.45, 7) is 1.55. The molecule has 0 spiro atoms. The molecule has 0 aliphatic rings. The zero-order valence-electron chi connectivity index (χ0n) is 8.20. The molecule has 0 aromatic heterocycles. The van der Waals surface area contributed by atoms with Crippen molar-refractivity contribution in [1.29, 1.82) is 0 Å². The number of methoxy groups -OCH3 is 1. The largest absolute Gasteiger partial charge is 0.496 e. The molecule has 0 bridgehead atoms. The predicted octanol–water partition coefficient (Wildman–Crippen LogP) is 1.21. The summed E-state index contributed by atoms with van der Waals surface area (Å²) in [6, 6.07) is 3.42. The van der Waals surface area contributed by atoms with Gasteiger partial charge in [0.1, 0.15) is 11.6 Å². The lowest BCUT2D eigenvalue weighted by molar-refractivity contribution is 0.162. The monoisotopic (exact) mass is 199 g/mol. The third kappa shape index (κ3) is 2.21. The molecule has 0 amide bonds. The molecule has 3 nitrogen and oxygen atoms in total. The summed E-state index contributed by atoms with van der Waals surface area (Å²) in [6.07, 6.45) is -0.745. The topological polar surface area (TPSA) is 55.5 Å². The molecular weight excluding hydrogens is 185 g/mol. The van der Waals surface area contributed by atoms with Gasteiger partial charge in [0.15, 0.2) is 0 Å². The molecule has 0 radical (unpaired) electrons. The van der Waals surface area contributed by atoms with Gasteiger partial charge < -0.3 is 15.6 Å². The molecule has 3 N–H and O–H groups in total. The number of benzene rings is 1. The van der Waals surface area contributed by atoms with Gasteiger partial charge in [-0.3, -0.25) is 0 Å². The van der Waals surface area contributed by atoms with E-state index in [4.69, 9.17) is 10.5 Å². The fourth-order valence-corrected chi connectivity index (χ4v) is 1.23. The van der Waals surface area contributed by atoms with E-state index >= 15 is 0 Å². The SMILES string of the molecule is COc1ccc(F)cc1[C@@H](N)[C@H](C)O. The van der Waals surface area contributed by atoms with Crippen LogP contribution in [0.15, 0.2) is 18.2 Å². The molecule has 0 aliphatic heterocycles. The standard InChI is InChI=1S/C10H14FNO2/c1-6(13)10(12)8-5-7(11)3-4-9(8)14-2/h3-6,10,13H,12H2,1-2H3/t6-,10-/m0/s1. The molecule has 78 valence electrons. The number of halogens is 1. The summed E-state index contributed by atoms with van der Waals surface area (Å²) in [5.74, 6) is 0.0942. The van der Waals surface area contributed by atoms with Crippen LogP contribution in [0.1, 0.15) is 18.5 Å². The van der Waals surface area contributed by atoms with E-state index < -0.39 is 18.0 Å². The summed E-state index contributed by atoms with van der Waals surface area (Å²) < 4.78 is 17.9. The Morgan fingerprint density at radius 2 is 2.14 bits per heavy atom. The van der Waals surface area contributed by atoms with Gasteiger partial charge in [0.25, 0.3) is 0 Å². The number of hydrogen-bond donors (Lipinski definition) is 2. The highest BCUT2D eigenvalue weighted by Gasteiger charge is 2.17. The predicted molar refractivity (Wildman–Crippen MR) is 51.6 cm³/mol. The van der Waals surface area contributed by atoms with Crippen molar-refractivity contribution < 1.29 is 14.2 Å². The Morgan fingerprint density at radius 1 is 1.50 bits per heavy atom. The van der Waals surface area contributed by atoms with Gasteiger partial charge in [0.05, 0.1) is 19.3 Å². The minimum absolute atomic E-state index is 0.392. The number of aliphatic hydroxyl groups excluding tert-OH is 1. The van der Waals surface area contributed by atoms with Crippen molar-refractivity contribution in [2.75, 3.05) is 7.11 Å². The zero-order valence-corrected chi connectivity index (χ0v) is 8.20. The summed E-state index contributed by atoms with van der Waals surface area (Å²) >= 11 is 0. The number of nitrogens with two attached hydrogens (primary N) is 1. The molecular formula is C10H14FNO2. The summed E-state index contributed by atoms with van der Waals surface area (Å²) in [5.41, 5.74) is 6.16. The van der Waals surface area contributed by atoms with Crippen molar-refractivity contribution in [2.45, 2.75) is 19.1 Å². The summed E-state index contributed by atoms with van der Waals surface area (Å²) in [5, 5.41) is 9.28. The van der Waals surface area contributed by atoms with E-state index in [0.29, 0.717) is 11.3 Å². The first-order chi connectivity index (χ1) is 6.56. The Balaban J connectivity index is 3.10. The molecule has 0 fully saturated rings. The quantitative estimate of drug-likeness (QED) is 0.769. The second kappa shape index (κ2) is 4.39. The molecule has 1 aromatic rings. The maximum Gasteiger partial charge on any atom is 0.123 e. The normalized spacial score (nSPS) is 14.9. The second-order valence-electron chi connectivity index (χ2n) is 3.15. The lowest BCUT2D eigenvalue weighted by atomic mass is 10.0. The van der Waals surface area contributed by atoms with Crippen molar-refractivity contribution >= 4 is 0 Å². The Bertz CT molecular complexity index is 315. The lowest BCUT2D eigenvalue weighted by Gasteiger charge is -2.17. The van der Waals surface area contributed by atoms with Gasteiger partial charge in [-0.1, -0.05) is 0 Å². The van der Waals surface area contributed by atoms with Gasteiger partial charge in [-0.05, 0) is 25.1 Å². The van der Waals surface area contributed by atoms with E-state index in [2.05, 4.69) is 0 Å². The molecule has 1 rings (SSSR count). The third-order valence-electron chi connectivity index (χ3n) is 2.07. The van der Waals surface area contributed by atoms with Gasteiger partial charge >= 0.3 is 0 Å². The van der Waals surface area contributed by atoms with Crippen LogP contribution in [0.4, 0.5) is 4.39 Å². The van der Waals surface area contributed by atoms with E-state index in [1.54, 1.807) is 6.92 Å². The molecule has 0 aliphatic carbocycles. The number of hydrogen-bond acceptors (Lipinski definition) is 3. The zero-order chi connectivity index (χ0) is 10.7. The van der Waals surface area contributed by atoms with Crippen molar-refractivity contribution in [3.8, 4) is 5.75 Å². The Morgan fingerprint density at radius 3 is 2.64 bits per heavy atom. The molecule has 14 heavy (non-hydrogen) atoms. The lowest BCUT2D eigenvalue weighted by Crippen LogP contribution is -2.23. The van der Waals surface area contributed by atoms with E-state index in [1.807, 2.05) is 0 Å². The summed E-state index contributed by atoms with van der Waals surface area (Å²) in [4.78, 5) is 0. The molecule has 2 atom stereocenters. The highest BCUT2D eigenvalue weighted by Crippen LogP contribution is 2.26. The van der Waals surface area contributed by atoms with Gasteiger partial charge in [-0.15, -0.1) is 0 Å². The van der Waals surface area contributed by atoms with E-state index in [-0.39, 0.29) is 0 Å². The van der Waals surface area contributed by atoms with Crippen LogP contribution in [-0.2, 0) is 0 Å². The van der Waals surface area contributed by atoms with Crippen LogP contribution < -0.4 is 10.5 Å². The van der Waals surface area contributed by atoms with Crippen molar-refractivity contribution in [3.05, 3.63) is 29.6 Å². The van der Waals surface area contributed by atoms with Crippen LogP contribution in [0.5, 0.6) is 5.75 Å². The van der Waals surface area contributed by atoms with E-state index in [1.165, 1.54) is 25.3 Å². The number of aliphatic hydroxyl groups is 1. The average molecular weight is 199 g/mol. The average Bonchev–Trinajstić information content (AvgIpc) is 2.16. The molecule has 0 unspecified atom stereocenters. The third-order valence-corrected chi connectivity index (χ3v) is 2.07. The Hall–Kier alpha value is -1.13. The van der Waals surface area contributed by atoms with Crippen LogP contribution in [0, 0.1) is 5.82 Å². The van der Waals surface area contributed by atoms with Crippen LogP contribution in [0.2, 0.25) is 0 Å². The Kier molecular flexibility index (Phi) is 3.43. The minimum atomic E-state index is -0.745. The minimum Gasteiger partial charge on any atom is -0.496 e. The molecule has 0 saturated heterocycles. The molecule has 0 saturated carbocycles. The fourth-order valence-electron chi connectivity index (χ4n) is 1.23. The first-order valence-corrected chi connectivity index (χ1v) is 4.33. The van der Waals surface area contributed by atoms with Crippen LogP contribution in [0.3, 0.4) is 0 Å². The number of ether oxygens (including phenoxy) is 1. The van der Waals surface area contributed by atoms with Gasteiger partial charge in [0.2, 0.25) is 0 Å². The molecule has 4 heteroatoms. The molecule has 1 aromatic carbocycles. The summed E-state index contributed by atoms with van der Waals surface area (Å²) in [7, 11) is 1.48. The highest BCUT2D eigenvalue weighted by molar-refractivity contribution is 5.36. The maximum absolute atomic E-state index is 12.9. The number of rotatable bonds is 3. The second-order valence-corrected chi connectivity index (χ2v) is 3.15. The first kappa shape index (κ1) is 10.9. The van der Waals surface area contributed by atoms with Crippen molar-refractivity contribution in [3.63, 3.8) is 0 Å². The van der Waals surface area contributed by atoms with E-state index in [0.717, 1.165) is 0 Å². The van der Waals surface area contributed by atoms with Gasteiger partial charge in [-0.25, -0.2) is 4.39 Å². The highest BCUT2D eigenvalue weighted by atomic mass is 19.1. The molecule has 0 heterocycles. The van der Waals surface area contributed by atoms with Crippen LogP contribution in [0.25, 0.3) is 0 Å². The first-order valence-electron chi connectivity index (χ1n) is 4.33.